The van der Waals surface area contributed by atoms with Gasteiger partial charge in [0.05, 0.1) is 17.8 Å². The van der Waals surface area contributed by atoms with Gasteiger partial charge in [-0.25, -0.2) is 18.2 Å². The number of halogens is 7. The van der Waals surface area contributed by atoms with Gasteiger partial charge in [-0.05, 0) is 30.7 Å². The molecule has 1 N–H and O–H groups in total. The molecule has 29 heavy (non-hydrogen) atoms. The highest BCUT2D eigenvalue weighted by atomic mass is 35.5. The maximum atomic E-state index is 14.1. The number of aromatic nitrogens is 1. The minimum atomic E-state index is -4.92. The fourth-order valence-corrected chi connectivity index (χ4v) is 3.27. The summed E-state index contributed by atoms with van der Waals surface area (Å²) in [6, 6.07) is 2.48. The van der Waals surface area contributed by atoms with Crippen LogP contribution in [-0.4, -0.2) is 4.98 Å². The molecule has 2 aromatic carbocycles. The Hall–Kier alpha value is -2.46. The van der Waals surface area contributed by atoms with E-state index in [1.54, 1.807) is 0 Å². The molecule has 3 rings (SSSR count). The number of alkyl halides is 3. The van der Waals surface area contributed by atoms with Crippen molar-refractivity contribution in [1.29, 1.82) is 0 Å². The van der Waals surface area contributed by atoms with E-state index < -0.39 is 34.9 Å². The first-order valence-electron chi connectivity index (χ1n) is 7.93. The largest absolute Gasteiger partial charge is 0.449 e. The maximum absolute atomic E-state index is 14.1. The van der Waals surface area contributed by atoms with Crippen molar-refractivity contribution in [2.24, 2.45) is 0 Å². The maximum Gasteiger partial charge on any atom is 0.416 e. The number of thiazole rings is 1. The highest BCUT2D eigenvalue weighted by molar-refractivity contribution is 7.15. The van der Waals surface area contributed by atoms with Crippen LogP contribution in [-0.2, 0) is 12.7 Å². The van der Waals surface area contributed by atoms with E-state index in [-0.39, 0.29) is 35.7 Å². The van der Waals surface area contributed by atoms with Gasteiger partial charge in [0.15, 0.2) is 27.6 Å². The molecular formula is C18H11ClF6N2OS. The first-order valence-corrected chi connectivity index (χ1v) is 9.12. The second kappa shape index (κ2) is 8.11. The number of benzene rings is 2. The Morgan fingerprint density at radius 3 is 2.28 bits per heavy atom. The van der Waals surface area contributed by atoms with Crippen LogP contribution >= 0.6 is 22.9 Å². The van der Waals surface area contributed by atoms with Crippen molar-refractivity contribution in [3.05, 3.63) is 68.4 Å². The molecule has 0 saturated heterocycles. The Morgan fingerprint density at radius 2 is 1.72 bits per heavy atom. The number of anilines is 1. The molecule has 1 aromatic heterocycles. The Balaban J connectivity index is 1.93. The molecular weight excluding hydrogens is 442 g/mol. The van der Waals surface area contributed by atoms with Gasteiger partial charge in [-0.3, -0.25) is 0 Å². The number of hydrogen-bond donors (Lipinski definition) is 1. The molecule has 0 aliphatic carbocycles. The van der Waals surface area contributed by atoms with E-state index in [4.69, 9.17) is 16.3 Å². The van der Waals surface area contributed by atoms with Crippen molar-refractivity contribution in [3.63, 3.8) is 0 Å². The van der Waals surface area contributed by atoms with Crippen LogP contribution in [0, 0.1) is 24.4 Å². The fourth-order valence-electron chi connectivity index (χ4n) is 2.36. The second-order valence-corrected chi connectivity index (χ2v) is 7.60. The number of nitrogens with one attached hydrogen (secondary N) is 1. The quantitative estimate of drug-likeness (QED) is 0.425. The Kier molecular flexibility index (Phi) is 5.95. The lowest BCUT2D eigenvalue weighted by molar-refractivity contribution is -0.138. The van der Waals surface area contributed by atoms with E-state index in [0.29, 0.717) is 9.34 Å². The molecule has 0 unspecified atom stereocenters. The highest BCUT2D eigenvalue weighted by Crippen LogP contribution is 2.38. The molecule has 3 aromatic rings. The van der Waals surface area contributed by atoms with Crippen LogP contribution < -0.4 is 10.1 Å². The van der Waals surface area contributed by atoms with Crippen molar-refractivity contribution >= 4 is 28.6 Å². The smallest absolute Gasteiger partial charge is 0.416 e. The first-order chi connectivity index (χ1) is 13.5. The van der Waals surface area contributed by atoms with E-state index in [2.05, 4.69) is 10.3 Å². The van der Waals surface area contributed by atoms with E-state index in [1.807, 2.05) is 0 Å². The summed E-state index contributed by atoms with van der Waals surface area (Å²) in [5.74, 6) is -4.90. The molecule has 154 valence electrons. The summed E-state index contributed by atoms with van der Waals surface area (Å²) < 4.78 is 85.7. The Bertz CT molecular complexity index is 1030. The number of ether oxygens (including phenoxy) is 1. The lowest BCUT2D eigenvalue weighted by Gasteiger charge is -2.16. The molecule has 0 aliphatic rings. The second-order valence-electron chi connectivity index (χ2n) is 5.90. The average molecular weight is 453 g/mol. The van der Waals surface area contributed by atoms with Gasteiger partial charge in [0, 0.05) is 17.1 Å². The third-order valence-corrected chi connectivity index (χ3v) is 4.89. The van der Waals surface area contributed by atoms with Crippen LogP contribution in [0.2, 0.25) is 4.47 Å². The van der Waals surface area contributed by atoms with Crippen LogP contribution in [0.3, 0.4) is 0 Å². The molecule has 0 atom stereocenters. The van der Waals surface area contributed by atoms with E-state index in [0.717, 1.165) is 17.4 Å². The molecule has 0 radical (unpaired) electrons. The molecule has 1 heterocycles. The summed E-state index contributed by atoms with van der Waals surface area (Å²) in [4.78, 5) is 4.54. The lowest BCUT2D eigenvalue weighted by Crippen LogP contribution is -2.08. The zero-order valence-corrected chi connectivity index (χ0v) is 16.1. The predicted octanol–water partition coefficient (Wildman–Crippen LogP) is 6.95. The number of aryl methyl sites for hydroxylation is 1. The average Bonchev–Trinajstić information content (AvgIpc) is 3.04. The van der Waals surface area contributed by atoms with E-state index >= 15 is 0 Å². The topological polar surface area (TPSA) is 34.1 Å². The van der Waals surface area contributed by atoms with Crippen LogP contribution in [0.1, 0.15) is 16.0 Å². The molecule has 0 bridgehead atoms. The van der Waals surface area contributed by atoms with E-state index in [1.165, 1.54) is 19.2 Å². The van der Waals surface area contributed by atoms with Crippen molar-refractivity contribution in [2.45, 2.75) is 19.6 Å². The van der Waals surface area contributed by atoms with Gasteiger partial charge in [0.25, 0.3) is 0 Å². The molecule has 0 fully saturated rings. The van der Waals surface area contributed by atoms with Crippen LogP contribution in [0.4, 0.5) is 32.0 Å². The van der Waals surface area contributed by atoms with Gasteiger partial charge in [-0.15, -0.1) is 11.3 Å². The normalized spacial score (nSPS) is 11.6. The molecule has 0 spiro atoms. The number of rotatable bonds is 5. The van der Waals surface area contributed by atoms with Crippen LogP contribution in [0.5, 0.6) is 11.5 Å². The molecule has 0 amide bonds. The summed E-state index contributed by atoms with van der Waals surface area (Å²) >= 11 is 6.90. The molecule has 0 saturated carbocycles. The Labute approximate surface area is 169 Å². The molecule has 11 heteroatoms. The fraction of sp³-hybridized carbons (Fsp3) is 0.167. The SMILES string of the molecule is Cc1cc(Oc2c(F)cc(C(F)(F)F)cc2F)c(NCc2cnc(Cl)s2)cc1F. The zero-order valence-electron chi connectivity index (χ0n) is 14.5. The minimum absolute atomic E-state index is 0.0383. The van der Waals surface area contributed by atoms with Gasteiger partial charge >= 0.3 is 6.18 Å². The van der Waals surface area contributed by atoms with Crippen molar-refractivity contribution in [2.75, 3.05) is 5.32 Å². The highest BCUT2D eigenvalue weighted by Gasteiger charge is 2.33. The van der Waals surface area contributed by atoms with Gasteiger partial charge in [-0.2, -0.15) is 13.2 Å². The number of hydrogen-bond acceptors (Lipinski definition) is 4. The third kappa shape index (κ3) is 4.94. The summed E-state index contributed by atoms with van der Waals surface area (Å²) in [5.41, 5.74) is -1.34. The number of nitrogens with zero attached hydrogens (tertiary/aromatic N) is 1. The molecule has 3 nitrogen and oxygen atoms in total. The lowest BCUT2D eigenvalue weighted by atomic mass is 10.1. The summed E-state index contributed by atoms with van der Waals surface area (Å²) in [6.07, 6.45) is -3.43. The van der Waals surface area contributed by atoms with Crippen molar-refractivity contribution in [1.82, 2.24) is 4.98 Å². The first kappa shape index (κ1) is 21.3. The van der Waals surface area contributed by atoms with Crippen molar-refractivity contribution < 1.29 is 31.1 Å². The van der Waals surface area contributed by atoms with Gasteiger partial charge in [0.2, 0.25) is 0 Å². The van der Waals surface area contributed by atoms with Gasteiger partial charge in [0.1, 0.15) is 5.82 Å². The van der Waals surface area contributed by atoms with Gasteiger partial charge < -0.3 is 10.1 Å². The third-order valence-electron chi connectivity index (χ3n) is 3.78. The summed E-state index contributed by atoms with van der Waals surface area (Å²) in [7, 11) is 0. The van der Waals surface area contributed by atoms with Crippen molar-refractivity contribution in [3.8, 4) is 11.5 Å². The van der Waals surface area contributed by atoms with Crippen LogP contribution in [0.25, 0.3) is 0 Å². The van der Waals surface area contributed by atoms with Gasteiger partial charge in [-0.1, -0.05) is 11.6 Å². The molecule has 0 aliphatic heterocycles. The monoisotopic (exact) mass is 452 g/mol. The summed E-state index contributed by atoms with van der Waals surface area (Å²) in [6.45, 7) is 1.55. The van der Waals surface area contributed by atoms with Crippen LogP contribution in [0.15, 0.2) is 30.5 Å². The van der Waals surface area contributed by atoms with E-state index in [9.17, 15) is 26.3 Å². The summed E-state index contributed by atoms with van der Waals surface area (Å²) in [5, 5.41) is 2.83. The minimum Gasteiger partial charge on any atom is -0.449 e. The predicted molar refractivity (Wildman–Crippen MR) is 97.0 cm³/mol. The zero-order chi connectivity index (χ0) is 21.3. The Morgan fingerprint density at radius 1 is 1.07 bits per heavy atom. The standard InChI is InChI=1S/C18H11ClF6N2OS/c1-8-2-15(14(5-11(8)20)26-6-10-7-27-17(19)29-10)28-16-12(21)3-9(4-13(16)22)18(23,24)25/h2-5,7,26H,6H2,1H3.